The number of para-hydroxylation sites is 1. The van der Waals surface area contributed by atoms with Gasteiger partial charge >= 0.3 is 0 Å². The van der Waals surface area contributed by atoms with E-state index in [-0.39, 0.29) is 0 Å². The summed E-state index contributed by atoms with van der Waals surface area (Å²) >= 11 is 3.98. The Kier molecular flexibility index (Phi) is 6.33. The Morgan fingerprint density at radius 3 is 2.30 bits per heavy atom. The summed E-state index contributed by atoms with van der Waals surface area (Å²) in [6, 6.07) is 22.7. The van der Waals surface area contributed by atoms with Crippen molar-refractivity contribution in [1.29, 1.82) is 0 Å². The van der Waals surface area contributed by atoms with E-state index in [9.17, 15) is 0 Å². The third-order valence-corrected chi connectivity index (χ3v) is 3.48. The lowest BCUT2D eigenvalue weighted by Gasteiger charge is -2.02. The Labute approximate surface area is 138 Å². The van der Waals surface area contributed by atoms with E-state index in [1.807, 2.05) is 36.4 Å². The first-order valence-electron chi connectivity index (χ1n) is 6.48. The number of benzene rings is 2. The molecule has 20 heavy (non-hydrogen) atoms. The number of hydrogen-bond acceptors (Lipinski definition) is 2. The van der Waals surface area contributed by atoms with Gasteiger partial charge in [-0.15, -0.1) is 0 Å². The monoisotopic (exact) mass is 393 g/mol. The predicted octanol–water partition coefficient (Wildman–Crippen LogP) is 5.83. The Balaban J connectivity index is 0.000000452. The Bertz CT molecular complexity index is 655. The van der Waals surface area contributed by atoms with Gasteiger partial charge in [0.05, 0.1) is 5.52 Å². The average Bonchev–Trinajstić information content (AvgIpc) is 2.49. The lowest BCUT2D eigenvalue weighted by atomic mass is 10.2. The lowest BCUT2D eigenvalue weighted by Crippen LogP contribution is -1.81. The highest BCUT2D eigenvalue weighted by Gasteiger charge is 1.99. The molecule has 3 rings (SSSR count). The first-order valence-corrected chi connectivity index (χ1v) is 8.82. The van der Waals surface area contributed by atoms with Crippen LogP contribution in [0.3, 0.4) is 0 Å². The summed E-state index contributed by atoms with van der Waals surface area (Å²) in [5, 5.41) is 2.22. The van der Waals surface area contributed by atoms with E-state index in [0.29, 0.717) is 0 Å². The third-order valence-electron chi connectivity index (χ3n) is 2.54. The summed E-state index contributed by atoms with van der Waals surface area (Å²) in [6.45, 7) is 2.11. The van der Waals surface area contributed by atoms with E-state index in [0.717, 1.165) is 10.5 Å². The van der Waals surface area contributed by atoms with Gasteiger partial charge in [-0.2, -0.15) is 0 Å². The van der Waals surface area contributed by atoms with Crippen LogP contribution < -0.4 is 0 Å². The molecule has 0 aliphatic carbocycles. The van der Waals surface area contributed by atoms with Crippen molar-refractivity contribution in [3.8, 4) is 0 Å². The molecule has 0 radical (unpaired) electrons. The quantitative estimate of drug-likeness (QED) is 0.402. The number of rotatable bonds is 2. The van der Waals surface area contributed by atoms with E-state index in [2.05, 4.69) is 64.8 Å². The first kappa shape index (κ1) is 15.3. The third kappa shape index (κ3) is 4.49. The Morgan fingerprint density at radius 1 is 0.900 bits per heavy atom. The Morgan fingerprint density at radius 2 is 1.55 bits per heavy atom. The molecule has 0 bridgehead atoms. The zero-order chi connectivity index (χ0) is 14.2. The van der Waals surface area contributed by atoms with Gasteiger partial charge in [-0.05, 0) is 28.7 Å². The van der Waals surface area contributed by atoms with Gasteiger partial charge in [-0.25, -0.2) is 4.98 Å². The molecule has 0 atom stereocenters. The zero-order valence-electron chi connectivity index (χ0n) is 11.3. The minimum Gasteiger partial charge on any atom is -0.241 e. The van der Waals surface area contributed by atoms with Gasteiger partial charge in [0.1, 0.15) is 5.03 Å². The van der Waals surface area contributed by atoms with E-state index in [4.69, 9.17) is 0 Å². The number of hydrogen-bond donors (Lipinski definition) is 0. The van der Waals surface area contributed by atoms with Crippen LogP contribution in [-0.2, 0) is 0 Å². The second-order valence-corrected chi connectivity index (χ2v) is 6.64. The topological polar surface area (TPSA) is 12.9 Å². The van der Waals surface area contributed by atoms with Gasteiger partial charge in [0.15, 0.2) is 0 Å². The number of fused-ring (bicyclic) bond motifs is 1. The minimum absolute atomic E-state index is 1.04. The van der Waals surface area contributed by atoms with Gasteiger partial charge in [0.25, 0.3) is 0 Å². The van der Waals surface area contributed by atoms with Crippen molar-refractivity contribution in [2.45, 2.75) is 16.8 Å². The number of aromatic nitrogens is 1. The van der Waals surface area contributed by atoms with Crippen LogP contribution in [0.5, 0.6) is 0 Å². The molecule has 0 saturated carbocycles. The highest BCUT2D eigenvalue weighted by Crippen LogP contribution is 2.27. The molecule has 2 aromatic carbocycles. The fourth-order valence-electron chi connectivity index (χ4n) is 1.71. The van der Waals surface area contributed by atoms with Gasteiger partial charge in [0, 0.05) is 10.3 Å². The molecule has 0 aliphatic rings. The van der Waals surface area contributed by atoms with Gasteiger partial charge in [-0.1, -0.05) is 83.7 Å². The SMILES string of the molecule is CCI.c1ccc(Sc2ccc3ccccc3n2)cc1. The van der Waals surface area contributed by atoms with E-state index in [1.54, 1.807) is 11.8 Å². The van der Waals surface area contributed by atoms with Crippen LogP contribution in [0.4, 0.5) is 0 Å². The fourth-order valence-corrected chi connectivity index (χ4v) is 2.53. The van der Waals surface area contributed by atoms with Crippen LogP contribution in [-0.4, -0.2) is 9.41 Å². The molecule has 102 valence electrons. The highest BCUT2D eigenvalue weighted by atomic mass is 127. The smallest absolute Gasteiger partial charge is 0.101 e. The molecule has 1 aromatic heterocycles. The molecule has 0 spiro atoms. The largest absolute Gasteiger partial charge is 0.241 e. The molecule has 3 aromatic rings. The molecule has 1 nitrogen and oxygen atoms in total. The van der Waals surface area contributed by atoms with E-state index in [1.165, 1.54) is 14.7 Å². The number of alkyl halides is 1. The summed E-state index contributed by atoms with van der Waals surface area (Å²) < 4.78 is 1.22. The van der Waals surface area contributed by atoms with E-state index < -0.39 is 0 Å². The highest BCUT2D eigenvalue weighted by molar-refractivity contribution is 14.1. The fraction of sp³-hybridized carbons (Fsp3) is 0.118. The van der Waals surface area contributed by atoms with Crippen molar-refractivity contribution < 1.29 is 0 Å². The summed E-state index contributed by atoms with van der Waals surface area (Å²) in [6.07, 6.45) is 0. The van der Waals surface area contributed by atoms with Crippen LogP contribution in [0.15, 0.2) is 76.7 Å². The summed E-state index contributed by atoms with van der Waals surface area (Å²) in [5.74, 6) is 0. The number of pyridine rings is 1. The van der Waals surface area contributed by atoms with Crippen molar-refractivity contribution in [2.24, 2.45) is 0 Å². The second kappa shape index (κ2) is 8.27. The molecule has 0 unspecified atom stereocenters. The van der Waals surface area contributed by atoms with Gasteiger partial charge < -0.3 is 0 Å². The minimum atomic E-state index is 1.04. The van der Waals surface area contributed by atoms with Crippen LogP contribution in [0.2, 0.25) is 0 Å². The number of nitrogens with zero attached hydrogens (tertiary/aromatic N) is 1. The molecule has 0 N–H and O–H groups in total. The molecule has 0 amide bonds. The summed E-state index contributed by atoms with van der Waals surface area (Å²) in [4.78, 5) is 5.85. The predicted molar refractivity (Wildman–Crippen MR) is 96.9 cm³/mol. The number of halogens is 1. The summed E-state index contributed by atoms with van der Waals surface area (Å²) in [5.41, 5.74) is 1.05. The van der Waals surface area contributed by atoms with Gasteiger partial charge in [-0.3, -0.25) is 0 Å². The average molecular weight is 393 g/mol. The first-order chi connectivity index (χ1) is 9.83. The molecule has 0 fully saturated rings. The maximum atomic E-state index is 4.63. The van der Waals surface area contributed by atoms with Gasteiger partial charge in [0.2, 0.25) is 0 Å². The molecule has 0 saturated heterocycles. The maximum absolute atomic E-state index is 4.63. The van der Waals surface area contributed by atoms with Crippen LogP contribution in [0.25, 0.3) is 10.9 Å². The zero-order valence-corrected chi connectivity index (χ0v) is 14.3. The summed E-state index contributed by atoms with van der Waals surface area (Å²) in [7, 11) is 0. The molecule has 0 aliphatic heterocycles. The van der Waals surface area contributed by atoms with Crippen molar-refractivity contribution in [2.75, 3.05) is 4.43 Å². The maximum Gasteiger partial charge on any atom is 0.101 e. The standard InChI is InChI=1S/C15H11NS.C2H5I/c1-2-7-13(8-3-1)17-15-11-10-12-6-4-5-9-14(12)16-15;1-2-3/h1-11H;2H2,1H3. The molecular formula is C17H16INS. The van der Waals surface area contributed by atoms with Crippen LogP contribution in [0, 0.1) is 0 Å². The second-order valence-electron chi connectivity index (χ2n) is 4.02. The molecule has 3 heteroatoms. The van der Waals surface area contributed by atoms with Crippen LogP contribution in [0.1, 0.15) is 6.92 Å². The van der Waals surface area contributed by atoms with Crippen LogP contribution >= 0.6 is 34.4 Å². The van der Waals surface area contributed by atoms with Crippen molar-refractivity contribution >= 4 is 45.3 Å². The van der Waals surface area contributed by atoms with Crippen molar-refractivity contribution in [3.05, 3.63) is 66.7 Å². The van der Waals surface area contributed by atoms with Crippen molar-refractivity contribution in [1.82, 2.24) is 4.98 Å². The van der Waals surface area contributed by atoms with E-state index >= 15 is 0 Å². The molecule has 1 heterocycles. The van der Waals surface area contributed by atoms with Crippen molar-refractivity contribution in [3.63, 3.8) is 0 Å². The normalized spacial score (nSPS) is 9.90. The molecular weight excluding hydrogens is 377 g/mol. The Hall–Kier alpha value is -1.07. The lowest BCUT2D eigenvalue weighted by molar-refractivity contribution is 1.19.